The fourth-order valence-corrected chi connectivity index (χ4v) is 5.48. The first-order valence-electron chi connectivity index (χ1n) is 10.6. The zero-order chi connectivity index (χ0) is 23.8. The van der Waals surface area contributed by atoms with Crippen molar-refractivity contribution in [1.29, 1.82) is 0 Å². The lowest BCUT2D eigenvalue weighted by atomic mass is 10.2. The second kappa shape index (κ2) is 9.17. The van der Waals surface area contributed by atoms with Crippen molar-refractivity contribution in [3.63, 3.8) is 0 Å². The van der Waals surface area contributed by atoms with Crippen LogP contribution in [-0.2, 0) is 14.8 Å². The molecule has 0 aliphatic carbocycles. The van der Waals surface area contributed by atoms with E-state index in [2.05, 4.69) is 0 Å². The zero-order valence-electron chi connectivity index (χ0n) is 18.3. The number of hydrogen-bond donors (Lipinski definition) is 0. The summed E-state index contributed by atoms with van der Waals surface area (Å²) in [7, 11) is -3.80. The van der Waals surface area contributed by atoms with Crippen LogP contribution in [0.5, 0.6) is 0 Å². The Bertz CT molecular complexity index is 1380. The van der Waals surface area contributed by atoms with Gasteiger partial charge in [-0.05, 0) is 43.7 Å². The van der Waals surface area contributed by atoms with Crippen LogP contribution in [0.2, 0.25) is 5.02 Å². The van der Waals surface area contributed by atoms with Crippen LogP contribution < -0.4 is 5.76 Å². The number of aromatic nitrogens is 1. The predicted octanol–water partition coefficient (Wildman–Crippen LogP) is 3.38. The molecule has 1 saturated heterocycles. The summed E-state index contributed by atoms with van der Waals surface area (Å²) in [4.78, 5) is 26.3. The summed E-state index contributed by atoms with van der Waals surface area (Å²) in [6, 6.07) is 11.5. The van der Waals surface area contributed by atoms with Gasteiger partial charge in [0.25, 0.3) is 0 Å². The number of nitrogens with zero attached hydrogens (tertiary/aromatic N) is 3. The summed E-state index contributed by atoms with van der Waals surface area (Å²) in [5.74, 6) is -0.725. The Morgan fingerprint density at radius 2 is 1.79 bits per heavy atom. The molecule has 0 saturated carbocycles. The van der Waals surface area contributed by atoms with Gasteiger partial charge in [0.15, 0.2) is 5.58 Å². The number of benzene rings is 2. The summed E-state index contributed by atoms with van der Waals surface area (Å²) >= 11 is 6.11. The number of carbonyl (C=O) groups excluding carboxylic acids is 1. The summed E-state index contributed by atoms with van der Waals surface area (Å²) < 4.78 is 34.4. The van der Waals surface area contributed by atoms with Gasteiger partial charge in [-0.15, -0.1) is 0 Å². The molecule has 1 fully saturated rings. The number of sulfonamides is 1. The largest absolute Gasteiger partial charge is 0.420 e. The molecular formula is C23H24ClN3O5S. The Kier molecular flexibility index (Phi) is 6.47. The monoisotopic (exact) mass is 489 g/mol. The van der Waals surface area contributed by atoms with Gasteiger partial charge in [0.2, 0.25) is 15.9 Å². The highest BCUT2D eigenvalue weighted by Gasteiger charge is 2.30. The van der Waals surface area contributed by atoms with E-state index < -0.39 is 15.8 Å². The lowest BCUT2D eigenvalue weighted by Gasteiger charge is -2.33. The van der Waals surface area contributed by atoms with Crippen molar-refractivity contribution in [2.75, 3.05) is 26.2 Å². The highest BCUT2D eigenvalue weighted by molar-refractivity contribution is 7.89. The number of carbonyl (C=O) groups is 1. The molecule has 174 valence electrons. The van der Waals surface area contributed by atoms with E-state index in [0.717, 1.165) is 5.56 Å². The quantitative estimate of drug-likeness (QED) is 0.512. The summed E-state index contributed by atoms with van der Waals surface area (Å²) in [6.45, 7) is 4.58. The van der Waals surface area contributed by atoms with E-state index in [0.29, 0.717) is 10.5 Å². The molecule has 0 spiro atoms. The van der Waals surface area contributed by atoms with Gasteiger partial charge in [-0.2, -0.15) is 4.31 Å². The average Bonchev–Trinajstić information content (AvgIpc) is 3.13. The molecule has 1 aliphatic rings. The molecule has 0 unspecified atom stereocenters. The highest BCUT2D eigenvalue weighted by atomic mass is 35.5. The van der Waals surface area contributed by atoms with Gasteiger partial charge >= 0.3 is 5.76 Å². The third kappa shape index (κ3) is 4.62. The van der Waals surface area contributed by atoms with Gasteiger partial charge in [0.1, 0.15) is 0 Å². The average molecular weight is 490 g/mol. The van der Waals surface area contributed by atoms with Crippen LogP contribution in [0.3, 0.4) is 0 Å². The van der Waals surface area contributed by atoms with Crippen LogP contribution in [-0.4, -0.2) is 54.3 Å². The Morgan fingerprint density at radius 1 is 1.09 bits per heavy atom. The molecule has 33 heavy (non-hydrogen) atoms. The Labute approximate surface area is 196 Å². The molecule has 1 aromatic heterocycles. The maximum Gasteiger partial charge on any atom is 0.420 e. The third-order valence-electron chi connectivity index (χ3n) is 5.60. The maximum absolute atomic E-state index is 13.1. The molecular weight excluding hydrogens is 466 g/mol. The van der Waals surface area contributed by atoms with Gasteiger partial charge in [-0.25, -0.2) is 13.2 Å². The van der Waals surface area contributed by atoms with E-state index in [-0.39, 0.29) is 48.6 Å². The summed E-state index contributed by atoms with van der Waals surface area (Å²) in [5, 5.41) is 0.550. The van der Waals surface area contributed by atoms with Crippen molar-refractivity contribution >= 4 is 44.7 Å². The van der Waals surface area contributed by atoms with E-state index in [1.807, 2.05) is 32.0 Å². The van der Waals surface area contributed by atoms with Crippen molar-refractivity contribution in [3.05, 3.63) is 69.7 Å². The van der Waals surface area contributed by atoms with E-state index in [1.165, 1.54) is 27.1 Å². The second-order valence-electron chi connectivity index (χ2n) is 8.05. The predicted molar refractivity (Wildman–Crippen MR) is 127 cm³/mol. The van der Waals surface area contributed by atoms with E-state index in [9.17, 15) is 18.0 Å². The second-order valence-corrected chi connectivity index (χ2v) is 10.4. The minimum absolute atomic E-state index is 0.0537. The SMILES string of the molecule is CC(C)n1c(=O)oc2cc(S(=O)(=O)N3CCN(C(=O)C=Cc4ccccc4Cl)CC3)ccc21. The first kappa shape index (κ1) is 23.3. The normalized spacial score (nSPS) is 15.7. The number of oxazole rings is 1. The number of piperazine rings is 1. The van der Waals surface area contributed by atoms with Crippen molar-refractivity contribution < 1.29 is 17.6 Å². The van der Waals surface area contributed by atoms with Crippen LogP contribution >= 0.6 is 11.6 Å². The fourth-order valence-electron chi connectivity index (χ4n) is 3.84. The van der Waals surface area contributed by atoms with E-state index >= 15 is 0 Å². The minimum atomic E-state index is -3.80. The number of halogens is 1. The first-order chi connectivity index (χ1) is 15.7. The van der Waals surface area contributed by atoms with Crippen LogP contribution in [0.15, 0.2) is 62.6 Å². The molecule has 3 aromatic rings. The van der Waals surface area contributed by atoms with Crippen molar-refractivity contribution in [1.82, 2.24) is 13.8 Å². The Balaban J connectivity index is 1.46. The molecule has 1 aliphatic heterocycles. The molecule has 1 amide bonds. The van der Waals surface area contributed by atoms with Crippen molar-refractivity contribution in [2.45, 2.75) is 24.8 Å². The van der Waals surface area contributed by atoms with Gasteiger partial charge in [-0.1, -0.05) is 29.8 Å². The highest BCUT2D eigenvalue weighted by Crippen LogP contribution is 2.24. The zero-order valence-corrected chi connectivity index (χ0v) is 19.8. The lowest BCUT2D eigenvalue weighted by molar-refractivity contribution is -0.127. The van der Waals surface area contributed by atoms with E-state index in [4.69, 9.17) is 16.0 Å². The van der Waals surface area contributed by atoms with Crippen LogP contribution in [0.25, 0.3) is 17.2 Å². The standard InChI is InChI=1S/C23H24ClN3O5S/c1-16(2)27-20-9-8-18(15-21(20)32-23(27)29)33(30,31)26-13-11-25(12-14-26)22(28)10-7-17-5-3-4-6-19(17)24/h3-10,15-16H,11-14H2,1-2H3. The fraction of sp³-hybridized carbons (Fsp3) is 0.304. The molecule has 0 atom stereocenters. The molecule has 0 radical (unpaired) electrons. The molecule has 0 bridgehead atoms. The number of hydrogen-bond acceptors (Lipinski definition) is 5. The lowest BCUT2D eigenvalue weighted by Crippen LogP contribution is -2.50. The summed E-state index contributed by atoms with van der Waals surface area (Å²) in [6.07, 6.45) is 3.10. The molecule has 8 nitrogen and oxygen atoms in total. The molecule has 0 N–H and O–H groups in total. The van der Waals surface area contributed by atoms with E-state index in [1.54, 1.807) is 23.1 Å². The van der Waals surface area contributed by atoms with Crippen molar-refractivity contribution in [2.24, 2.45) is 0 Å². The molecule has 10 heteroatoms. The maximum atomic E-state index is 13.1. The van der Waals surface area contributed by atoms with Crippen LogP contribution in [0.1, 0.15) is 25.5 Å². The molecule has 4 rings (SSSR count). The number of amides is 1. The first-order valence-corrected chi connectivity index (χ1v) is 12.4. The Morgan fingerprint density at radius 3 is 2.45 bits per heavy atom. The van der Waals surface area contributed by atoms with Crippen LogP contribution in [0.4, 0.5) is 0 Å². The van der Waals surface area contributed by atoms with Gasteiger partial charge < -0.3 is 9.32 Å². The topological polar surface area (TPSA) is 92.8 Å². The Hall–Kier alpha value is -2.88. The molecule has 2 heterocycles. The summed E-state index contributed by atoms with van der Waals surface area (Å²) in [5.41, 5.74) is 1.52. The van der Waals surface area contributed by atoms with Crippen LogP contribution in [0, 0.1) is 0 Å². The third-order valence-corrected chi connectivity index (χ3v) is 7.84. The smallest absolute Gasteiger partial charge is 0.408 e. The van der Waals surface area contributed by atoms with Gasteiger partial charge in [0, 0.05) is 49.4 Å². The molecule has 2 aromatic carbocycles. The minimum Gasteiger partial charge on any atom is -0.408 e. The van der Waals surface area contributed by atoms with Crippen molar-refractivity contribution in [3.8, 4) is 0 Å². The number of rotatable bonds is 5. The van der Waals surface area contributed by atoms with Gasteiger partial charge in [0.05, 0.1) is 10.4 Å². The number of fused-ring (bicyclic) bond motifs is 1. The van der Waals surface area contributed by atoms with Gasteiger partial charge in [-0.3, -0.25) is 9.36 Å².